The fourth-order valence-electron chi connectivity index (χ4n) is 6.60. The van der Waals surface area contributed by atoms with E-state index in [0.717, 1.165) is 89.2 Å². The first kappa shape index (κ1) is 34.2. The molecular formula is C37H45FN4O5. The molecule has 0 saturated carbocycles. The topological polar surface area (TPSA) is 135 Å². The number of aromatic nitrogens is 1. The van der Waals surface area contributed by atoms with Gasteiger partial charge in [0.15, 0.2) is 0 Å². The number of hydrogen-bond donors (Lipinski definition) is 5. The van der Waals surface area contributed by atoms with Crippen LogP contribution in [0.15, 0.2) is 48.5 Å². The van der Waals surface area contributed by atoms with E-state index in [1.807, 2.05) is 32.0 Å². The number of anilines is 1. The Bertz CT molecular complexity index is 1620. The molecule has 47 heavy (non-hydrogen) atoms. The molecular weight excluding hydrogens is 599 g/mol. The number of amides is 2. The Morgan fingerprint density at radius 2 is 1.81 bits per heavy atom. The first-order valence-corrected chi connectivity index (χ1v) is 16.5. The summed E-state index contributed by atoms with van der Waals surface area (Å²) < 4.78 is 14.1. The molecule has 2 amide bonds. The van der Waals surface area contributed by atoms with Crippen LogP contribution < -0.4 is 10.6 Å². The third-order valence-corrected chi connectivity index (χ3v) is 9.00. The average molecular weight is 645 g/mol. The zero-order valence-corrected chi connectivity index (χ0v) is 27.3. The maximum Gasteiger partial charge on any atom is 0.319 e. The minimum absolute atomic E-state index is 0.00944. The summed E-state index contributed by atoms with van der Waals surface area (Å²) in [7, 11) is 2.09. The molecule has 2 aromatic carbocycles. The van der Waals surface area contributed by atoms with Gasteiger partial charge < -0.3 is 30.9 Å². The summed E-state index contributed by atoms with van der Waals surface area (Å²) >= 11 is 0. The van der Waals surface area contributed by atoms with Crippen LogP contribution >= 0.6 is 0 Å². The van der Waals surface area contributed by atoms with Crippen molar-refractivity contribution in [3.63, 3.8) is 0 Å². The van der Waals surface area contributed by atoms with Crippen LogP contribution in [0.25, 0.3) is 28.5 Å². The number of carboxylic acids is 1. The molecule has 3 aromatic rings. The molecule has 1 saturated heterocycles. The van der Waals surface area contributed by atoms with Crippen LogP contribution in [-0.4, -0.2) is 75.6 Å². The van der Waals surface area contributed by atoms with Crippen LogP contribution in [-0.2, 0) is 17.6 Å². The van der Waals surface area contributed by atoms with Crippen LogP contribution in [0.2, 0.25) is 0 Å². The number of pyridine rings is 1. The van der Waals surface area contributed by atoms with Gasteiger partial charge in [-0.05, 0) is 105 Å². The third kappa shape index (κ3) is 8.62. The highest BCUT2D eigenvalue weighted by Gasteiger charge is 2.26. The predicted molar refractivity (Wildman–Crippen MR) is 182 cm³/mol. The number of aliphatic carboxylic acids is 1. The van der Waals surface area contributed by atoms with Crippen LogP contribution in [0.4, 0.5) is 14.9 Å². The molecule has 0 radical (unpaired) electrons. The highest BCUT2D eigenvalue weighted by molar-refractivity contribution is 5.91. The SMILES string of the molecule is CC(C)c1nc2c(c(-c3ccc(F)cc3)c1C=C[C@@H](O)C[C@@H](O)CC(=O)O)CCCc1cc(NC(=O)NC3CCN(C)CC3)ccc1-2. The Hall–Kier alpha value is -4.12. The first-order chi connectivity index (χ1) is 22.5. The Morgan fingerprint density at radius 1 is 1.09 bits per heavy atom. The average Bonchev–Trinajstić information content (AvgIpc) is 3.19. The van der Waals surface area contributed by atoms with Gasteiger partial charge in [0, 0.05) is 29.3 Å². The smallest absolute Gasteiger partial charge is 0.319 e. The zero-order valence-electron chi connectivity index (χ0n) is 27.3. The van der Waals surface area contributed by atoms with E-state index in [1.54, 1.807) is 24.3 Å². The van der Waals surface area contributed by atoms with E-state index in [-0.39, 0.29) is 30.2 Å². The van der Waals surface area contributed by atoms with Crippen LogP contribution in [0, 0.1) is 5.82 Å². The summed E-state index contributed by atoms with van der Waals surface area (Å²) in [5.74, 6) is -1.49. The summed E-state index contributed by atoms with van der Waals surface area (Å²) in [5, 5.41) is 35.9. The molecule has 1 aliphatic carbocycles. The molecule has 9 nitrogen and oxygen atoms in total. The molecule has 2 aliphatic rings. The predicted octanol–water partition coefficient (Wildman–Crippen LogP) is 5.98. The van der Waals surface area contributed by atoms with Gasteiger partial charge in [0.05, 0.1) is 30.0 Å². The van der Waals surface area contributed by atoms with Gasteiger partial charge in [0.2, 0.25) is 0 Å². The largest absolute Gasteiger partial charge is 0.481 e. The van der Waals surface area contributed by atoms with Crippen molar-refractivity contribution in [3.05, 3.63) is 76.7 Å². The number of aryl methyl sites for hydroxylation is 1. The number of nitrogens with one attached hydrogen (secondary N) is 2. The number of carbonyl (C=O) groups is 2. The van der Waals surface area contributed by atoms with E-state index in [2.05, 4.69) is 22.6 Å². The van der Waals surface area contributed by atoms with Crippen LogP contribution in [0.1, 0.15) is 74.3 Å². The molecule has 10 heteroatoms. The number of carboxylic acid groups (broad SMARTS) is 1. The number of aliphatic hydroxyl groups is 2. The second-order valence-corrected chi connectivity index (χ2v) is 13.1. The maximum absolute atomic E-state index is 14.1. The van der Waals surface area contributed by atoms with Gasteiger partial charge in [-0.2, -0.15) is 0 Å². The Balaban J connectivity index is 1.52. The summed E-state index contributed by atoms with van der Waals surface area (Å²) in [6.45, 7) is 6.01. The van der Waals surface area contributed by atoms with Crippen molar-refractivity contribution in [1.29, 1.82) is 0 Å². The number of hydrogen-bond acceptors (Lipinski definition) is 6. The number of carbonyl (C=O) groups excluding carboxylic acids is 1. The Kier molecular flexibility index (Phi) is 11.1. The Labute approximate surface area is 275 Å². The summed E-state index contributed by atoms with van der Waals surface area (Å²) in [6, 6.07) is 12.3. The fraction of sp³-hybridized carbons (Fsp3) is 0.432. The molecule has 250 valence electrons. The van der Waals surface area contributed by atoms with Gasteiger partial charge >= 0.3 is 12.0 Å². The number of fused-ring (bicyclic) bond motifs is 3. The van der Waals surface area contributed by atoms with Crippen molar-refractivity contribution in [3.8, 4) is 22.4 Å². The second-order valence-electron chi connectivity index (χ2n) is 13.1. The molecule has 0 spiro atoms. The summed E-state index contributed by atoms with van der Waals surface area (Å²) in [4.78, 5) is 31.4. The van der Waals surface area contributed by atoms with E-state index in [4.69, 9.17) is 10.1 Å². The van der Waals surface area contributed by atoms with Gasteiger partial charge in [0.25, 0.3) is 0 Å². The van der Waals surface area contributed by atoms with Crippen molar-refractivity contribution in [2.75, 3.05) is 25.5 Å². The minimum Gasteiger partial charge on any atom is -0.481 e. The van der Waals surface area contributed by atoms with E-state index >= 15 is 0 Å². The minimum atomic E-state index is -1.19. The second kappa shape index (κ2) is 15.2. The van der Waals surface area contributed by atoms with Crippen LogP contribution in [0.5, 0.6) is 0 Å². The van der Waals surface area contributed by atoms with Gasteiger partial charge in [-0.3, -0.25) is 9.78 Å². The number of aliphatic hydroxyl groups excluding tert-OH is 2. The number of urea groups is 1. The molecule has 0 unspecified atom stereocenters. The molecule has 1 aromatic heterocycles. The highest BCUT2D eigenvalue weighted by Crippen LogP contribution is 2.42. The molecule has 1 fully saturated rings. The lowest BCUT2D eigenvalue weighted by Gasteiger charge is -2.29. The van der Waals surface area contributed by atoms with Crippen molar-refractivity contribution < 1.29 is 29.3 Å². The van der Waals surface area contributed by atoms with Gasteiger partial charge in [-0.15, -0.1) is 0 Å². The lowest BCUT2D eigenvalue weighted by Crippen LogP contribution is -2.44. The molecule has 1 aliphatic heterocycles. The maximum atomic E-state index is 14.1. The van der Waals surface area contributed by atoms with E-state index in [0.29, 0.717) is 6.42 Å². The fourth-order valence-corrected chi connectivity index (χ4v) is 6.60. The van der Waals surface area contributed by atoms with E-state index in [9.17, 15) is 24.2 Å². The monoisotopic (exact) mass is 644 g/mol. The van der Waals surface area contributed by atoms with Crippen molar-refractivity contribution in [2.24, 2.45) is 0 Å². The summed E-state index contributed by atoms with van der Waals surface area (Å²) in [6.07, 6.45) is 4.69. The molecule has 2 atom stereocenters. The number of nitrogens with zero attached hydrogens (tertiary/aromatic N) is 2. The quantitative estimate of drug-likeness (QED) is 0.183. The van der Waals surface area contributed by atoms with Crippen molar-refractivity contribution in [1.82, 2.24) is 15.2 Å². The highest BCUT2D eigenvalue weighted by atomic mass is 19.1. The number of likely N-dealkylation sites (tertiary alicyclic amines) is 1. The molecule has 0 bridgehead atoms. The van der Waals surface area contributed by atoms with E-state index in [1.165, 1.54) is 12.1 Å². The number of benzene rings is 2. The van der Waals surface area contributed by atoms with Crippen LogP contribution in [0.3, 0.4) is 0 Å². The number of piperidine rings is 1. The normalized spacial score (nSPS) is 16.7. The van der Waals surface area contributed by atoms with E-state index < -0.39 is 24.6 Å². The van der Waals surface area contributed by atoms with Gasteiger partial charge in [-0.25, -0.2) is 9.18 Å². The zero-order chi connectivity index (χ0) is 33.7. The third-order valence-electron chi connectivity index (χ3n) is 9.00. The Morgan fingerprint density at radius 3 is 2.49 bits per heavy atom. The first-order valence-electron chi connectivity index (χ1n) is 16.5. The van der Waals surface area contributed by atoms with Gasteiger partial charge in [0.1, 0.15) is 5.82 Å². The molecule has 5 N–H and O–H groups in total. The number of halogens is 1. The van der Waals surface area contributed by atoms with Gasteiger partial charge in [-0.1, -0.05) is 44.2 Å². The molecule has 2 heterocycles. The summed E-state index contributed by atoms with van der Waals surface area (Å²) in [5.41, 5.74) is 7.96. The lowest BCUT2D eigenvalue weighted by atomic mass is 9.86. The number of rotatable bonds is 10. The lowest BCUT2D eigenvalue weighted by molar-refractivity contribution is -0.139. The van der Waals surface area contributed by atoms with Crippen molar-refractivity contribution >= 4 is 23.8 Å². The molecule has 5 rings (SSSR count). The standard InChI is InChI=1S/C37H45FN4O5/c1-22(2)35-32(14-12-28(43)20-29(44)21-33(45)46)34(23-7-9-25(38)10-8-23)31-6-4-5-24-19-27(11-13-30(24)36(31)41-35)40-37(47)39-26-15-17-42(3)18-16-26/h7-14,19,22,26,28-29,43-44H,4-6,15-18,20-21H2,1-3H3,(H,45,46)(H2,39,40,47)/t28-,29-/m1/s1. The van der Waals surface area contributed by atoms with Crippen molar-refractivity contribution in [2.45, 2.75) is 83.0 Å².